The summed E-state index contributed by atoms with van der Waals surface area (Å²) in [5, 5.41) is 26.6. The van der Waals surface area contributed by atoms with Gasteiger partial charge in [-0.25, -0.2) is 0 Å². The first-order chi connectivity index (χ1) is 14.5. The van der Waals surface area contributed by atoms with Gasteiger partial charge in [-0.15, -0.1) is 11.3 Å². The van der Waals surface area contributed by atoms with E-state index in [1.54, 1.807) is 42.5 Å². The molecule has 2 aromatic carbocycles. The topological polar surface area (TPSA) is 72.8 Å². The van der Waals surface area contributed by atoms with Crippen LogP contribution in [0.5, 0.6) is 5.75 Å². The van der Waals surface area contributed by atoms with E-state index in [9.17, 15) is 15.0 Å². The van der Waals surface area contributed by atoms with Crippen LogP contribution in [0.4, 0.5) is 0 Å². The Bertz CT molecular complexity index is 989. The number of rotatable bonds is 5. The van der Waals surface area contributed by atoms with Gasteiger partial charge in [0.05, 0.1) is 17.7 Å². The first-order valence-corrected chi connectivity index (χ1v) is 11.0. The van der Waals surface area contributed by atoms with Crippen LogP contribution in [0.15, 0.2) is 72.1 Å². The lowest BCUT2D eigenvalue weighted by atomic mass is 9.81. The molecule has 5 nitrogen and oxygen atoms in total. The van der Waals surface area contributed by atoms with Crippen LogP contribution >= 0.6 is 11.3 Å². The van der Waals surface area contributed by atoms with Crippen molar-refractivity contribution in [1.82, 2.24) is 10.2 Å². The fourth-order valence-electron chi connectivity index (χ4n) is 4.11. The molecule has 2 heterocycles. The second-order valence-electron chi connectivity index (χ2n) is 7.98. The molecule has 3 atom stereocenters. The van der Waals surface area contributed by atoms with Crippen molar-refractivity contribution in [1.29, 1.82) is 0 Å². The van der Waals surface area contributed by atoms with E-state index < -0.39 is 11.6 Å². The first kappa shape index (κ1) is 20.6. The molecule has 0 spiro atoms. The van der Waals surface area contributed by atoms with Crippen LogP contribution in [-0.4, -0.2) is 39.2 Å². The van der Waals surface area contributed by atoms with Crippen LogP contribution < -0.4 is 5.32 Å². The Kier molecular flexibility index (Phi) is 5.90. The number of aliphatic hydroxyl groups is 1. The maximum Gasteiger partial charge on any atom is 0.251 e. The number of phenols is 1. The Morgan fingerprint density at radius 1 is 1.13 bits per heavy atom. The number of carbonyl (C=O) groups excluding carboxylic acids is 1. The highest BCUT2D eigenvalue weighted by molar-refractivity contribution is 7.10. The third kappa shape index (κ3) is 4.26. The molecular weight excluding hydrogens is 396 g/mol. The standard InChI is InChI=1S/C24H26N2O3S/c1-24(29)13-14-26(16-18-10-5-6-11-19(18)27)21(20-12-7-15-30-20)22(24)25-23(28)17-8-3-2-4-9-17/h2-12,15,21-22,27,29H,13-14,16H2,1H3,(H,25,28). The highest BCUT2D eigenvalue weighted by Gasteiger charge is 2.46. The first-order valence-electron chi connectivity index (χ1n) is 10.1. The number of carbonyl (C=O) groups is 1. The molecule has 1 fully saturated rings. The predicted molar refractivity (Wildman–Crippen MR) is 119 cm³/mol. The number of phenolic OH excluding ortho intramolecular Hbond substituents is 1. The van der Waals surface area contributed by atoms with E-state index in [0.29, 0.717) is 25.1 Å². The number of amides is 1. The summed E-state index contributed by atoms with van der Waals surface area (Å²) in [7, 11) is 0. The van der Waals surface area contributed by atoms with Crippen molar-refractivity contribution in [3.63, 3.8) is 0 Å². The van der Waals surface area contributed by atoms with Crippen LogP contribution in [0, 0.1) is 0 Å². The third-order valence-electron chi connectivity index (χ3n) is 5.81. The molecule has 1 aromatic heterocycles. The van der Waals surface area contributed by atoms with Crippen molar-refractivity contribution < 1.29 is 15.0 Å². The highest BCUT2D eigenvalue weighted by Crippen LogP contribution is 2.40. The van der Waals surface area contributed by atoms with Gasteiger partial charge in [0.1, 0.15) is 5.75 Å². The van der Waals surface area contributed by atoms with Gasteiger partial charge < -0.3 is 15.5 Å². The number of nitrogens with zero attached hydrogens (tertiary/aromatic N) is 1. The van der Waals surface area contributed by atoms with Crippen LogP contribution in [0.3, 0.4) is 0 Å². The van der Waals surface area contributed by atoms with Crippen molar-refractivity contribution in [3.8, 4) is 5.75 Å². The molecule has 1 aliphatic rings. The lowest BCUT2D eigenvalue weighted by Crippen LogP contribution is -2.62. The predicted octanol–water partition coefficient (Wildman–Crippen LogP) is 3.95. The summed E-state index contributed by atoms with van der Waals surface area (Å²) < 4.78 is 0. The summed E-state index contributed by atoms with van der Waals surface area (Å²) in [6.45, 7) is 2.98. The van der Waals surface area contributed by atoms with E-state index in [2.05, 4.69) is 10.2 Å². The molecule has 156 valence electrons. The largest absolute Gasteiger partial charge is 0.508 e. The molecule has 1 aliphatic heterocycles. The Labute approximate surface area is 180 Å². The number of piperidine rings is 1. The summed E-state index contributed by atoms with van der Waals surface area (Å²) in [5.74, 6) is 0.0523. The molecule has 3 unspecified atom stereocenters. The molecule has 0 saturated carbocycles. The maximum atomic E-state index is 13.0. The zero-order chi connectivity index (χ0) is 21.1. The van der Waals surface area contributed by atoms with E-state index in [4.69, 9.17) is 0 Å². The number of aromatic hydroxyl groups is 1. The molecule has 4 rings (SSSR count). The molecule has 0 bridgehead atoms. The minimum atomic E-state index is -1.06. The normalized spacial score (nSPS) is 24.5. The van der Waals surface area contributed by atoms with Gasteiger partial charge in [-0.1, -0.05) is 42.5 Å². The molecule has 1 saturated heterocycles. The van der Waals surface area contributed by atoms with Crippen molar-refractivity contribution in [2.24, 2.45) is 0 Å². The second-order valence-corrected chi connectivity index (χ2v) is 8.96. The Hall–Kier alpha value is -2.67. The Balaban J connectivity index is 1.67. The molecular formula is C24H26N2O3S. The lowest BCUT2D eigenvalue weighted by molar-refractivity contribution is -0.0657. The van der Waals surface area contributed by atoms with Crippen LogP contribution in [0.2, 0.25) is 0 Å². The summed E-state index contributed by atoms with van der Waals surface area (Å²) >= 11 is 1.61. The van der Waals surface area contributed by atoms with Gasteiger partial charge in [-0.05, 0) is 43.0 Å². The van der Waals surface area contributed by atoms with Crippen molar-refractivity contribution in [3.05, 3.63) is 88.1 Å². The molecule has 1 amide bonds. The molecule has 30 heavy (non-hydrogen) atoms. The number of para-hydroxylation sites is 1. The van der Waals surface area contributed by atoms with Gasteiger partial charge in [-0.3, -0.25) is 9.69 Å². The van der Waals surface area contributed by atoms with Crippen molar-refractivity contribution in [2.75, 3.05) is 6.54 Å². The minimum absolute atomic E-state index is 0.202. The summed E-state index contributed by atoms with van der Waals surface area (Å²) in [4.78, 5) is 16.3. The zero-order valence-corrected chi connectivity index (χ0v) is 17.7. The third-order valence-corrected chi connectivity index (χ3v) is 6.75. The van der Waals surface area contributed by atoms with Crippen molar-refractivity contribution >= 4 is 17.2 Å². The van der Waals surface area contributed by atoms with E-state index in [0.717, 1.165) is 10.4 Å². The average molecular weight is 423 g/mol. The number of nitrogens with one attached hydrogen (secondary N) is 1. The van der Waals surface area contributed by atoms with E-state index in [-0.39, 0.29) is 17.7 Å². The van der Waals surface area contributed by atoms with E-state index in [1.165, 1.54) is 0 Å². The van der Waals surface area contributed by atoms with Gasteiger partial charge in [0.15, 0.2) is 0 Å². The summed E-state index contributed by atoms with van der Waals surface area (Å²) in [6, 6.07) is 19.7. The minimum Gasteiger partial charge on any atom is -0.508 e. The maximum absolute atomic E-state index is 13.0. The summed E-state index contributed by atoms with van der Waals surface area (Å²) in [5.41, 5.74) is 0.332. The fraction of sp³-hybridized carbons (Fsp3) is 0.292. The second kappa shape index (κ2) is 8.60. The number of likely N-dealkylation sites (tertiary alicyclic amines) is 1. The number of benzene rings is 2. The van der Waals surface area contributed by atoms with Crippen LogP contribution in [-0.2, 0) is 6.54 Å². The molecule has 0 aliphatic carbocycles. The average Bonchev–Trinajstić information content (AvgIpc) is 3.27. The van der Waals surface area contributed by atoms with Gasteiger partial charge in [0, 0.05) is 29.1 Å². The highest BCUT2D eigenvalue weighted by atomic mass is 32.1. The van der Waals surface area contributed by atoms with E-state index >= 15 is 0 Å². The Morgan fingerprint density at radius 2 is 1.87 bits per heavy atom. The van der Waals surface area contributed by atoms with Crippen LogP contribution in [0.25, 0.3) is 0 Å². The van der Waals surface area contributed by atoms with E-state index in [1.807, 2.05) is 47.8 Å². The van der Waals surface area contributed by atoms with Gasteiger partial charge in [0.2, 0.25) is 0 Å². The molecule has 3 N–H and O–H groups in total. The lowest BCUT2D eigenvalue weighted by Gasteiger charge is -2.48. The zero-order valence-electron chi connectivity index (χ0n) is 16.9. The summed E-state index contributed by atoms with van der Waals surface area (Å²) in [6.07, 6.45) is 0.516. The smallest absolute Gasteiger partial charge is 0.251 e. The quantitative estimate of drug-likeness (QED) is 0.582. The number of hydrogen-bond acceptors (Lipinski definition) is 5. The number of thiophene rings is 1. The van der Waals surface area contributed by atoms with Gasteiger partial charge >= 0.3 is 0 Å². The van der Waals surface area contributed by atoms with Crippen LogP contribution in [0.1, 0.15) is 40.2 Å². The molecule has 0 radical (unpaired) electrons. The van der Waals surface area contributed by atoms with Gasteiger partial charge in [0.25, 0.3) is 5.91 Å². The van der Waals surface area contributed by atoms with Crippen molar-refractivity contribution in [2.45, 2.75) is 37.6 Å². The molecule has 3 aromatic rings. The fourth-order valence-corrected chi connectivity index (χ4v) is 5.00. The SMILES string of the molecule is CC1(O)CCN(Cc2ccccc2O)C(c2cccs2)C1NC(=O)c1ccccc1. The Morgan fingerprint density at radius 3 is 2.57 bits per heavy atom. The monoisotopic (exact) mass is 422 g/mol. The van der Waals surface area contributed by atoms with Gasteiger partial charge in [-0.2, -0.15) is 0 Å². The molecule has 6 heteroatoms. The number of hydrogen-bond donors (Lipinski definition) is 3.